The number of benzene rings is 1. The molecule has 2 rings (SSSR count). The van der Waals surface area contributed by atoms with Crippen molar-refractivity contribution in [2.75, 3.05) is 10.6 Å². The summed E-state index contributed by atoms with van der Waals surface area (Å²) in [5, 5.41) is 6.53. The van der Waals surface area contributed by atoms with Crippen molar-refractivity contribution < 1.29 is 0 Å². The second kappa shape index (κ2) is 7.02. The minimum Gasteiger partial charge on any atom is -0.352 e. The number of aromatic nitrogens is 3. The van der Waals surface area contributed by atoms with Crippen molar-refractivity contribution in [1.82, 2.24) is 15.0 Å². The second-order valence-electron chi connectivity index (χ2n) is 5.70. The van der Waals surface area contributed by atoms with E-state index in [1.165, 1.54) is 0 Å². The zero-order chi connectivity index (χ0) is 15.2. The topological polar surface area (TPSA) is 62.7 Å². The van der Waals surface area contributed by atoms with Gasteiger partial charge in [0.1, 0.15) is 5.82 Å². The maximum Gasteiger partial charge on any atom is 0.232 e. The fourth-order valence-electron chi connectivity index (χ4n) is 2.24. The van der Waals surface area contributed by atoms with E-state index in [9.17, 15) is 0 Å². The van der Waals surface area contributed by atoms with Crippen LogP contribution in [0.3, 0.4) is 0 Å². The summed E-state index contributed by atoms with van der Waals surface area (Å²) in [5.74, 6) is 2.52. The standard InChI is InChI=1S/C16H23N5/c1-11(2)10-12(3)17-15-18-13(4)19-16(21-15)20-14-8-6-5-7-9-14/h5-9,11-12H,10H2,1-4H3,(H2,17,18,19,20,21). The van der Waals surface area contributed by atoms with E-state index in [1.807, 2.05) is 37.3 Å². The minimum atomic E-state index is 0.330. The molecule has 2 N–H and O–H groups in total. The Labute approximate surface area is 126 Å². The number of nitrogens with zero attached hydrogens (tertiary/aromatic N) is 3. The molecular formula is C16H23N5. The maximum atomic E-state index is 4.43. The number of rotatable bonds is 6. The maximum absolute atomic E-state index is 4.43. The van der Waals surface area contributed by atoms with Crippen LogP contribution in [0.4, 0.5) is 17.6 Å². The summed E-state index contributed by atoms with van der Waals surface area (Å²) in [6.07, 6.45) is 1.08. The summed E-state index contributed by atoms with van der Waals surface area (Å²) in [7, 11) is 0. The number of hydrogen-bond acceptors (Lipinski definition) is 5. The van der Waals surface area contributed by atoms with Crippen LogP contribution in [0.5, 0.6) is 0 Å². The fourth-order valence-corrected chi connectivity index (χ4v) is 2.24. The van der Waals surface area contributed by atoms with Crippen LogP contribution >= 0.6 is 0 Å². The van der Waals surface area contributed by atoms with Crippen LogP contribution in [-0.4, -0.2) is 21.0 Å². The van der Waals surface area contributed by atoms with Crippen molar-refractivity contribution >= 4 is 17.6 Å². The van der Waals surface area contributed by atoms with Crippen molar-refractivity contribution in [3.8, 4) is 0 Å². The molecule has 2 aromatic rings. The van der Waals surface area contributed by atoms with Crippen LogP contribution in [0.25, 0.3) is 0 Å². The number of anilines is 3. The van der Waals surface area contributed by atoms with Crippen molar-refractivity contribution in [2.45, 2.75) is 40.2 Å². The Morgan fingerprint density at radius 3 is 2.29 bits per heavy atom. The quantitative estimate of drug-likeness (QED) is 0.846. The van der Waals surface area contributed by atoms with Gasteiger partial charge < -0.3 is 10.6 Å². The molecule has 0 saturated carbocycles. The predicted molar refractivity (Wildman–Crippen MR) is 86.8 cm³/mol. The first-order valence-corrected chi connectivity index (χ1v) is 7.34. The Bertz CT molecular complexity index is 568. The highest BCUT2D eigenvalue weighted by Gasteiger charge is 2.09. The average molecular weight is 285 g/mol. The third-order valence-corrected chi connectivity index (χ3v) is 2.98. The summed E-state index contributed by atoms with van der Waals surface area (Å²) >= 11 is 0. The first-order chi connectivity index (χ1) is 10.0. The van der Waals surface area contributed by atoms with E-state index >= 15 is 0 Å². The van der Waals surface area contributed by atoms with Gasteiger partial charge in [-0.2, -0.15) is 15.0 Å². The van der Waals surface area contributed by atoms with Gasteiger partial charge in [-0.15, -0.1) is 0 Å². The van der Waals surface area contributed by atoms with Gasteiger partial charge in [0.2, 0.25) is 11.9 Å². The van der Waals surface area contributed by atoms with Crippen molar-refractivity contribution in [3.05, 3.63) is 36.2 Å². The second-order valence-corrected chi connectivity index (χ2v) is 5.70. The largest absolute Gasteiger partial charge is 0.352 e. The van der Waals surface area contributed by atoms with Gasteiger partial charge in [0.15, 0.2) is 0 Å². The van der Waals surface area contributed by atoms with Crippen LogP contribution in [-0.2, 0) is 0 Å². The normalized spacial score (nSPS) is 12.2. The monoisotopic (exact) mass is 285 g/mol. The fraction of sp³-hybridized carbons (Fsp3) is 0.438. The predicted octanol–water partition coefficient (Wildman–Crippen LogP) is 3.77. The molecule has 5 heteroatoms. The summed E-state index contributed by atoms with van der Waals surface area (Å²) in [4.78, 5) is 13.1. The number of para-hydroxylation sites is 1. The highest BCUT2D eigenvalue weighted by Crippen LogP contribution is 2.15. The Kier molecular flexibility index (Phi) is 5.09. The van der Waals surface area contributed by atoms with Gasteiger partial charge in [0, 0.05) is 11.7 Å². The molecule has 1 aromatic carbocycles. The highest BCUT2D eigenvalue weighted by molar-refractivity contribution is 5.53. The molecule has 1 aromatic heterocycles. The van der Waals surface area contributed by atoms with E-state index in [4.69, 9.17) is 0 Å². The zero-order valence-electron chi connectivity index (χ0n) is 13.1. The average Bonchev–Trinajstić information content (AvgIpc) is 2.37. The molecule has 21 heavy (non-hydrogen) atoms. The third-order valence-electron chi connectivity index (χ3n) is 2.98. The third kappa shape index (κ3) is 5.02. The van der Waals surface area contributed by atoms with E-state index in [0.29, 0.717) is 29.7 Å². The van der Waals surface area contributed by atoms with Gasteiger partial charge in [-0.05, 0) is 38.3 Å². The summed E-state index contributed by atoms with van der Waals surface area (Å²) in [6.45, 7) is 8.43. The van der Waals surface area contributed by atoms with E-state index in [2.05, 4.69) is 46.4 Å². The highest BCUT2D eigenvalue weighted by atomic mass is 15.2. The summed E-state index contributed by atoms with van der Waals surface area (Å²) in [6, 6.07) is 10.2. The lowest BCUT2D eigenvalue weighted by atomic mass is 10.1. The van der Waals surface area contributed by atoms with Crippen LogP contribution < -0.4 is 10.6 Å². The van der Waals surface area contributed by atoms with Crippen molar-refractivity contribution in [1.29, 1.82) is 0 Å². The van der Waals surface area contributed by atoms with Gasteiger partial charge in [-0.3, -0.25) is 0 Å². The van der Waals surface area contributed by atoms with Crippen LogP contribution in [0.15, 0.2) is 30.3 Å². The van der Waals surface area contributed by atoms with Crippen LogP contribution in [0, 0.1) is 12.8 Å². The van der Waals surface area contributed by atoms with E-state index in [0.717, 1.165) is 12.1 Å². The summed E-state index contributed by atoms with van der Waals surface area (Å²) in [5.41, 5.74) is 0.962. The molecule has 0 spiro atoms. The lowest BCUT2D eigenvalue weighted by Gasteiger charge is -2.16. The molecule has 1 heterocycles. The van der Waals surface area contributed by atoms with Crippen molar-refractivity contribution in [2.24, 2.45) is 5.92 Å². The molecule has 1 atom stereocenters. The molecule has 0 fully saturated rings. The van der Waals surface area contributed by atoms with Crippen LogP contribution in [0.2, 0.25) is 0 Å². The molecule has 0 amide bonds. The molecule has 112 valence electrons. The van der Waals surface area contributed by atoms with Gasteiger partial charge in [0.25, 0.3) is 0 Å². The Morgan fingerprint density at radius 2 is 1.62 bits per heavy atom. The van der Waals surface area contributed by atoms with E-state index in [-0.39, 0.29) is 0 Å². The summed E-state index contributed by atoms with van der Waals surface area (Å²) < 4.78 is 0. The SMILES string of the molecule is Cc1nc(Nc2ccccc2)nc(NC(C)CC(C)C)n1. The van der Waals surface area contributed by atoms with Gasteiger partial charge in [-0.25, -0.2) is 0 Å². The lowest BCUT2D eigenvalue weighted by Crippen LogP contribution is -2.20. The first-order valence-electron chi connectivity index (χ1n) is 7.34. The molecule has 5 nitrogen and oxygen atoms in total. The Balaban J connectivity index is 2.10. The number of hydrogen-bond donors (Lipinski definition) is 2. The minimum absolute atomic E-state index is 0.330. The van der Waals surface area contributed by atoms with E-state index in [1.54, 1.807) is 0 Å². The molecule has 0 aliphatic rings. The molecule has 0 aliphatic heterocycles. The Morgan fingerprint density at radius 1 is 0.952 bits per heavy atom. The Hall–Kier alpha value is -2.17. The van der Waals surface area contributed by atoms with Gasteiger partial charge in [-0.1, -0.05) is 32.0 Å². The van der Waals surface area contributed by atoms with E-state index < -0.39 is 0 Å². The lowest BCUT2D eigenvalue weighted by molar-refractivity contribution is 0.537. The molecular weight excluding hydrogens is 262 g/mol. The van der Waals surface area contributed by atoms with Gasteiger partial charge in [0.05, 0.1) is 0 Å². The van der Waals surface area contributed by atoms with Crippen molar-refractivity contribution in [3.63, 3.8) is 0 Å². The molecule has 1 unspecified atom stereocenters. The van der Waals surface area contributed by atoms with Gasteiger partial charge >= 0.3 is 0 Å². The first kappa shape index (κ1) is 15.2. The molecule has 0 aliphatic carbocycles. The smallest absolute Gasteiger partial charge is 0.232 e. The molecule has 0 radical (unpaired) electrons. The molecule has 0 saturated heterocycles. The zero-order valence-corrected chi connectivity index (χ0v) is 13.1. The number of aryl methyl sites for hydroxylation is 1. The molecule has 0 bridgehead atoms. The van der Waals surface area contributed by atoms with Crippen LogP contribution in [0.1, 0.15) is 33.0 Å². The number of nitrogens with one attached hydrogen (secondary N) is 2.